The lowest BCUT2D eigenvalue weighted by molar-refractivity contribution is 1.10. The molecule has 1 N–H and O–H groups in total. The van der Waals surface area contributed by atoms with Gasteiger partial charge in [0.25, 0.3) is 0 Å². The standard InChI is InChI=1S/C17H17N.C2H6/c1-14(11-12-18-2)7-8-15-9-10-16-5-3-4-6-17(16)13-15;1-2/h3-13,18H,1H2,2H3;1-2H3/b8-7+,12-11-;. The maximum absolute atomic E-state index is 3.96. The summed E-state index contributed by atoms with van der Waals surface area (Å²) in [6.45, 7) is 7.96. The molecular weight excluding hydrogens is 242 g/mol. The highest BCUT2D eigenvalue weighted by atomic mass is 14.8. The van der Waals surface area contributed by atoms with Crippen LogP contribution in [0.5, 0.6) is 0 Å². The van der Waals surface area contributed by atoms with E-state index in [2.05, 4.69) is 60.4 Å². The Morgan fingerprint density at radius 1 is 1.00 bits per heavy atom. The number of allylic oxidation sites excluding steroid dienone is 3. The van der Waals surface area contributed by atoms with Crippen molar-refractivity contribution in [2.75, 3.05) is 7.05 Å². The molecule has 104 valence electrons. The molecule has 0 amide bonds. The molecule has 0 saturated carbocycles. The van der Waals surface area contributed by atoms with Crippen LogP contribution in [-0.2, 0) is 0 Å². The molecule has 0 unspecified atom stereocenters. The molecule has 0 atom stereocenters. The third-order valence-electron chi connectivity index (χ3n) is 2.73. The molecule has 0 aliphatic heterocycles. The Balaban J connectivity index is 0.000000956. The zero-order valence-electron chi connectivity index (χ0n) is 12.6. The van der Waals surface area contributed by atoms with E-state index in [0.29, 0.717) is 0 Å². The molecule has 0 saturated heterocycles. The fourth-order valence-corrected chi connectivity index (χ4v) is 1.76. The summed E-state index contributed by atoms with van der Waals surface area (Å²) in [4.78, 5) is 0. The monoisotopic (exact) mass is 265 g/mol. The average Bonchev–Trinajstić information content (AvgIpc) is 2.52. The summed E-state index contributed by atoms with van der Waals surface area (Å²) < 4.78 is 0. The molecule has 1 nitrogen and oxygen atoms in total. The molecule has 0 radical (unpaired) electrons. The molecule has 1 heteroatoms. The third-order valence-corrected chi connectivity index (χ3v) is 2.73. The van der Waals surface area contributed by atoms with Crippen LogP contribution in [-0.4, -0.2) is 7.05 Å². The third kappa shape index (κ3) is 4.77. The van der Waals surface area contributed by atoms with Gasteiger partial charge in [-0.1, -0.05) is 69.0 Å². The summed E-state index contributed by atoms with van der Waals surface area (Å²) in [5.74, 6) is 0. The van der Waals surface area contributed by atoms with E-state index in [4.69, 9.17) is 0 Å². The quantitative estimate of drug-likeness (QED) is 0.752. The van der Waals surface area contributed by atoms with Crippen LogP contribution in [0, 0.1) is 0 Å². The molecule has 0 bridgehead atoms. The van der Waals surface area contributed by atoms with Gasteiger partial charge in [-0.15, -0.1) is 0 Å². The average molecular weight is 265 g/mol. The molecule has 2 aromatic rings. The van der Waals surface area contributed by atoms with E-state index in [1.54, 1.807) is 0 Å². The lowest BCUT2D eigenvalue weighted by atomic mass is 10.1. The topological polar surface area (TPSA) is 12.0 Å². The van der Waals surface area contributed by atoms with Gasteiger partial charge in [0.05, 0.1) is 0 Å². The predicted octanol–water partition coefficient (Wildman–Crippen LogP) is 5.17. The van der Waals surface area contributed by atoms with Crippen molar-refractivity contribution in [1.29, 1.82) is 0 Å². The minimum Gasteiger partial charge on any atom is -0.394 e. The van der Waals surface area contributed by atoms with Gasteiger partial charge in [0.1, 0.15) is 0 Å². The van der Waals surface area contributed by atoms with Crippen LogP contribution in [0.2, 0.25) is 0 Å². The van der Waals surface area contributed by atoms with Crippen molar-refractivity contribution >= 4 is 16.8 Å². The SMILES string of the molecule is C=C(/C=C\NC)/C=C/c1ccc2ccccc2c1.CC. The maximum atomic E-state index is 3.96. The minimum absolute atomic E-state index is 0.970. The molecule has 0 fully saturated rings. The maximum Gasteiger partial charge on any atom is 0.00277 e. The zero-order valence-corrected chi connectivity index (χ0v) is 12.6. The number of fused-ring (bicyclic) bond motifs is 1. The summed E-state index contributed by atoms with van der Waals surface area (Å²) >= 11 is 0. The smallest absolute Gasteiger partial charge is 0.00277 e. The largest absolute Gasteiger partial charge is 0.394 e. The highest BCUT2D eigenvalue weighted by molar-refractivity contribution is 5.84. The first-order chi connectivity index (χ1) is 9.79. The van der Waals surface area contributed by atoms with Crippen molar-refractivity contribution < 1.29 is 0 Å². The summed E-state index contributed by atoms with van der Waals surface area (Å²) in [5, 5.41) is 5.47. The minimum atomic E-state index is 0.970. The van der Waals surface area contributed by atoms with Gasteiger partial charge in [0, 0.05) is 7.05 Å². The molecule has 0 spiro atoms. The van der Waals surface area contributed by atoms with Crippen molar-refractivity contribution in [3.05, 3.63) is 78.5 Å². The van der Waals surface area contributed by atoms with Crippen molar-refractivity contribution in [2.45, 2.75) is 13.8 Å². The van der Waals surface area contributed by atoms with Gasteiger partial charge in [-0.05, 0) is 40.3 Å². The van der Waals surface area contributed by atoms with Gasteiger partial charge in [-0.25, -0.2) is 0 Å². The Labute approximate surface area is 122 Å². The molecule has 20 heavy (non-hydrogen) atoms. The number of hydrogen-bond donors (Lipinski definition) is 1. The van der Waals surface area contributed by atoms with Gasteiger partial charge >= 0.3 is 0 Å². The normalized spacial score (nSPS) is 10.6. The molecular formula is C19H23N. The van der Waals surface area contributed by atoms with Crippen molar-refractivity contribution in [3.63, 3.8) is 0 Å². The number of rotatable bonds is 4. The summed E-state index contributed by atoms with van der Waals surface area (Å²) in [5.41, 5.74) is 2.16. The van der Waals surface area contributed by atoms with Gasteiger partial charge in [-0.3, -0.25) is 0 Å². The van der Waals surface area contributed by atoms with Crippen LogP contribution in [0.3, 0.4) is 0 Å². The van der Waals surface area contributed by atoms with E-state index in [0.717, 1.165) is 5.57 Å². The second-order valence-electron chi connectivity index (χ2n) is 4.14. The van der Waals surface area contributed by atoms with Crippen LogP contribution >= 0.6 is 0 Å². The van der Waals surface area contributed by atoms with Crippen LogP contribution in [0.25, 0.3) is 16.8 Å². The highest BCUT2D eigenvalue weighted by Gasteiger charge is 1.92. The van der Waals surface area contributed by atoms with E-state index >= 15 is 0 Å². The second kappa shape index (κ2) is 8.76. The Bertz CT molecular complexity index is 606. The van der Waals surface area contributed by atoms with Crippen LogP contribution in [0.4, 0.5) is 0 Å². The Hall–Kier alpha value is -2.28. The van der Waals surface area contributed by atoms with Gasteiger partial charge in [0.15, 0.2) is 0 Å². The molecule has 0 aliphatic carbocycles. The van der Waals surface area contributed by atoms with Gasteiger partial charge in [0.2, 0.25) is 0 Å². The molecule has 0 heterocycles. The van der Waals surface area contributed by atoms with Crippen LogP contribution < -0.4 is 5.32 Å². The Morgan fingerprint density at radius 2 is 1.70 bits per heavy atom. The molecule has 2 rings (SSSR count). The summed E-state index contributed by atoms with van der Waals surface area (Å²) in [7, 11) is 1.87. The van der Waals surface area contributed by atoms with E-state index in [1.165, 1.54) is 16.3 Å². The highest BCUT2D eigenvalue weighted by Crippen LogP contribution is 2.16. The predicted molar refractivity (Wildman–Crippen MR) is 91.7 cm³/mol. The summed E-state index contributed by atoms with van der Waals surface area (Å²) in [6.07, 6.45) is 7.90. The first kappa shape index (κ1) is 15.8. The Morgan fingerprint density at radius 3 is 2.40 bits per heavy atom. The molecule has 2 aromatic carbocycles. The number of nitrogens with one attached hydrogen (secondary N) is 1. The number of benzene rings is 2. The number of hydrogen-bond acceptors (Lipinski definition) is 1. The molecule has 0 aromatic heterocycles. The first-order valence-electron chi connectivity index (χ1n) is 6.99. The molecule has 0 aliphatic rings. The van der Waals surface area contributed by atoms with E-state index < -0.39 is 0 Å². The Kier molecular flexibility index (Phi) is 6.91. The van der Waals surface area contributed by atoms with Gasteiger partial charge in [-0.2, -0.15) is 0 Å². The van der Waals surface area contributed by atoms with Crippen molar-refractivity contribution in [2.24, 2.45) is 0 Å². The second-order valence-corrected chi connectivity index (χ2v) is 4.14. The fourth-order valence-electron chi connectivity index (χ4n) is 1.76. The van der Waals surface area contributed by atoms with E-state index in [9.17, 15) is 0 Å². The van der Waals surface area contributed by atoms with E-state index in [-0.39, 0.29) is 0 Å². The first-order valence-corrected chi connectivity index (χ1v) is 6.99. The van der Waals surface area contributed by atoms with Crippen LogP contribution in [0.15, 0.2) is 73.0 Å². The van der Waals surface area contributed by atoms with Crippen LogP contribution in [0.1, 0.15) is 19.4 Å². The van der Waals surface area contributed by atoms with Gasteiger partial charge < -0.3 is 5.32 Å². The van der Waals surface area contributed by atoms with E-state index in [1.807, 2.05) is 39.2 Å². The lowest BCUT2D eigenvalue weighted by Gasteiger charge is -1.99. The van der Waals surface area contributed by atoms with Crippen molar-refractivity contribution in [1.82, 2.24) is 5.32 Å². The lowest BCUT2D eigenvalue weighted by Crippen LogP contribution is -1.90. The zero-order chi connectivity index (χ0) is 14.8. The fraction of sp³-hybridized carbons (Fsp3) is 0.158. The summed E-state index contributed by atoms with van der Waals surface area (Å²) in [6, 6.07) is 14.8. The van der Waals surface area contributed by atoms with Crippen molar-refractivity contribution in [3.8, 4) is 0 Å².